The van der Waals surface area contributed by atoms with Crippen LogP contribution in [0.3, 0.4) is 0 Å². The molecule has 2 heterocycles. The highest BCUT2D eigenvalue weighted by atomic mass is 35.5. The Morgan fingerprint density at radius 2 is 2.05 bits per heavy atom. The minimum Gasteiger partial charge on any atom is -0.443 e. The summed E-state index contributed by atoms with van der Waals surface area (Å²) >= 11 is 5.63. The fraction of sp³-hybridized carbons (Fsp3) is 0.455. The van der Waals surface area contributed by atoms with Gasteiger partial charge in [-0.1, -0.05) is 0 Å². The van der Waals surface area contributed by atoms with Crippen molar-refractivity contribution in [2.24, 2.45) is 5.41 Å². The van der Waals surface area contributed by atoms with Crippen molar-refractivity contribution >= 4 is 23.3 Å². The fourth-order valence-corrected chi connectivity index (χ4v) is 1.52. The van der Waals surface area contributed by atoms with Crippen LogP contribution in [0.1, 0.15) is 20.8 Å². The minimum atomic E-state index is -0.591. The van der Waals surface area contributed by atoms with Crippen molar-refractivity contribution in [2.45, 2.75) is 27.5 Å². The van der Waals surface area contributed by atoms with Crippen molar-refractivity contribution in [3.8, 4) is 0 Å². The second kappa shape index (κ2) is 4.65. The number of rotatable bonds is 2. The van der Waals surface area contributed by atoms with Crippen molar-refractivity contribution in [2.75, 3.05) is 0 Å². The summed E-state index contributed by atoms with van der Waals surface area (Å²) in [6.45, 7) is 5.23. The summed E-state index contributed by atoms with van der Waals surface area (Å²) in [6.07, 6.45) is 3.05. The Bertz CT molecular complexity index is 683. The van der Waals surface area contributed by atoms with Gasteiger partial charge in [0.05, 0.1) is 5.41 Å². The zero-order valence-corrected chi connectivity index (χ0v) is 11.5. The van der Waals surface area contributed by atoms with Gasteiger partial charge >= 0.3 is 11.7 Å². The monoisotopic (exact) mass is 284 g/mol. The number of ether oxygens (including phenoxy) is 1. The number of carbonyl (C=O) groups is 1. The Labute approximate surface area is 113 Å². The van der Waals surface area contributed by atoms with E-state index in [1.807, 2.05) is 0 Å². The molecule has 0 aliphatic rings. The molecule has 0 atom stereocenters. The molecule has 8 heteroatoms. The summed E-state index contributed by atoms with van der Waals surface area (Å²) in [5.74, 6) is -0.0754. The van der Waals surface area contributed by atoms with Gasteiger partial charge < -0.3 is 4.74 Å². The van der Waals surface area contributed by atoms with E-state index in [1.165, 1.54) is 15.2 Å². The van der Waals surface area contributed by atoms with Crippen molar-refractivity contribution in [1.82, 2.24) is 18.9 Å². The summed E-state index contributed by atoms with van der Waals surface area (Å²) in [5.41, 5.74) is -1.12. The molecule has 0 saturated carbocycles. The number of imidazole rings is 1. The Kier molecular flexibility index (Phi) is 3.32. The average molecular weight is 285 g/mol. The zero-order chi connectivity index (χ0) is 14.2. The molecule has 0 aliphatic heterocycles. The molecule has 19 heavy (non-hydrogen) atoms. The van der Waals surface area contributed by atoms with Gasteiger partial charge in [0.25, 0.3) is 0 Å². The predicted octanol–water partition coefficient (Wildman–Crippen LogP) is 1.09. The van der Waals surface area contributed by atoms with E-state index in [0.717, 1.165) is 0 Å². The van der Waals surface area contributed by atoms with Gasteiger partial charge in [-0.25, -0.2) is 9.20 Å². The topological polar surface area (TPSA) is 78.5 Å². The number of halogens is 1. The molecule has 2 rings (SSSR count). The maximum absolute atomic E-state index is 11.7. The highest BCUT2D eigenvalue weighted by Crippen LogP contribution is 2.15. The molecule has 7 nitrogen and oxygen atoms in total. The molecular formula is C11H13ClN4O3. The van der Waals surface area contributed by atoms with E-state index in [0.29, 0.717) is 0 Å². The first kappa shape index (κ1) is 13.5. The average Bonchev–Trinajstić information content (AvgIpc) is 2.67. The number of esters is 1. The van der Waals surface area contributed by atoms with Gasteiger partial charge in [0.1, 0.15) is 0 Å². The smallest absolute Gasteiger partial charge is 0.357 e. The van der Waals surface area contributed by atoms with Crippen LogP contribution < -0.4 is 5.69 Å². The molecule has 0 aromatic carbocycles. The van der Waals surface area contributed by atoms with Gasteiger partial charge in [0, 0.05) is 12.4 Å². The fourth-order valence-electron chi connectivity index (χ4n) is 1.37. The van der Waals surface area contributed by atoms with Crippen LogP contribution in [0.4, 0.5) is 0 Å². The maximum Gasteiger partial charge on any atom is 0.357 e. The van der Waals surface area contributed by atoms with Gasteiger partial charge in [-0.15, -0.1) is 0 Å². The SMILES string of the molecule is CC(C)(C)C(=O)OCn1ccn2c(=O)nc(Cl)nc12. The van der Waals surface area contributed by atoms with Crippen molar-refractivity contribution < 1.29 is 9.53 Å². The third kappa shape index (κ3) is 2.76. The largest absolute Gasteiger partial charge is 0.443 e. The first-order valence-corrected chi connectivity index (χ1v) is 5.95. The Hall–Kier alpha value is -1.89. The van der Waals surface area contributed by atoms with Crippen LogP contribution >= 0.6 is 11.6 Å². The second-order valence-electron chi connectivity index (χ2n) is 5.02. The highest BCUT2D eigenvalue weighted by molar-refractivity contribution is 6.28. The summed E-state index contributed by atoms with van der Waals surface area (Å²) in [6, 6.07) is 0. The Morgan fingerprint density at radius 3 is 2.68 bits per heavy atom. The molecule has 0 aliphatic carbocycles. The minimum absolute atomic E-state index is 0.0423. The molecule has 0 spiro atoms. The molecule has 0 unspecified atom stereocenters. The van der Waals surface area contributed by atoms with Gasteiger partial charge in [-0.05, 0) is 32.4 Å². The van der Waals surface area contributed by atoms with E-state index in [4.69, 9.17) is 16.3 Å². The Balaban J connectivity index is 2.28. The maximum atomic E-state index is 11.7. The molecule has 0 radical (unpaired) electrons. The summed E-state index contributed by atoms with van der Waals surface area (Å²) in [5, 5.41) is -0.146. The third-order valence-electron chi connectivity index (χ3n) is 2.40. The predicted molar refractivity (Wildman–Crippen MR) is 67.8 cm³/mol. The highest BCUT2D eigenvalue weighted by Gasteiger charge is 2.23. The number of fused-ring (bicyclic) bond motifs is 1. The lowest BCUT2D eigenvalue weighted by Gasteiger charge is -2.16. The first-order valence-electron chi connectivity index (χ1n) is 5.57. The number of hydrogen-bond acceptors (Lipinski definition) is 5. The summed E-state index contributed by atoms with van der Waals surface area (Å²) in [7, 11) is 0. The third-order valence-corrected chi connectivity index (χ3v) is 2.57. The van der Waals surface area contributed by atoms with Gasteiger partial charge in [0.2, 0.25) is 11.1 Å². The van der Waals surface area contributed by atoms with E-state index >= 15 is 0 Å². The van der Waals surface area contributed by atoms with Crippen LogP contribution in [0, 0.1) is 5.41 Å². The van der Waals surface area contributed by atoms with E-state index in [1.54, 1.807) is 27.0 Å². The Morgan fingerprint density at radius 1 is 1.37 bits per heavy atom. The molecule has 2 aromatic rings. The summed E-state index contributed by atoms with van der Waals surface area (Å²) in [4.78, 5) is 30.6. The molecular weight excluding hydrogens is 272 g/mol. The lowest BCUT2D eigenvalue weighted by molar-refractivity contribution is -0.156. The first-order chi connectivity index (χ1) is 8.79. The standard InChI is InChI=1S/C11H13ClN4O3/c1-11(2,3)7(17)19-6-15-4-5-16-9(15)13-8(12)14-10(16)18/h4-5H,6H2,1-3H3. The molecule has 0 saturated heterocycles. The zero-order valence-electron chi connectivity index (χ0n) is 10.8. The molecule has 2 aromatic heterocycles. The van der Waals surface area contributed by atoms with Crippen LogP contribution in [0.5, 0.6) is 0 Å². The number of hydrogen-bond donors (Lipinski definition) is 0. The molecule has 0 N–H and O–H groups in total. The van der Waals surface area contributed by atoms with E-state index in [-0.39, 0.29) is 23.8 Å². The molecule has 102 valence electrons. The van der Waals surface area contributed by atoms with Crippen LogP contribution in [-0.4, -0.2) is 24.9 Å². The summed E-state index contributed by atoms with van der Waals surface area (Å²) < 4.78 is 7.86. The van der Waals surface area contributed by atoms with Crippen LogP contribution in [0.15, 0.2) is 17.2 Å². The lowest BCUT2D eigenvalue weighted by Crippen LogP contribution is -2.24. The lowest BCUT2D eigenvalue weighted by atomic mass is 9.98. The van der Waals surface area contributed by atoms with Gasteiger partial charge in [-0.3, -0.25) is 9.36 Å². The van der Waals surface area contributed by atoms with Crippen molar-refractivity contribution in [3.05, 3.63) is 28.2 Å². The van der Waals surface area contributed by atoms with Crippen LogP contribution in [-0.2, 0) is 16.3 Å². The van der Waals surface area contributed by atoms with Crippen molar-refractivity contribution in [3.63, 3.8) is 0 Å². The molecule has 0 fully saturated rings. The quantitative estimate of drug-likeness (QED) is 0.772. The van der Waals surface area contributed by atoms with Crippen LogP contribution in [0.2, 0.25) is 5.28 Å². The van der Waals surface area contributed by atoms with E-state index < -0.39 is 11.1 Å². The van der Waals surface area contributed by atoms with Crippen LogP contribution in [0.25, 0.3) is 5.78 Å². The van der Waals surface area contributed by atoms with Gasteiger partial charge in [-0.2, -0.15) is 9.97 Å². The normalized spacial score (nSPS) is 11.8. The number of nitrogens with zero attached hydrogens (tertiary/aromatic N) is 4. The second-order valence-corrected chi connectivity index (χ2v) is 5.36. The number of aromatic nitrogens is 4. The number of carbonyl (C=O) groups excluding carboxylic acids is 1. The van der Waals surface area contributed by atoms with Crippen molar-refractivity contribution in [1.29, 1.82) is 0 Å². The molecule has 0 bridgehead atoms. The van der Waals surface area contributed by atoms with Gasteiger partial charge in [0.15, 0.2) is 6.73 Å². The van der Waals surface area contributed by atoms with E-state index in [9.17, 15) is 9.59 Å². The van der Waals surface area contributed by atoms with E-state index in [2.05, 4.69) is 9.97 Å². The molecule has 0 amide bonds.